The highest BCUT2D eigenvalue weighted by molar-refractivity contribution is 5.85. The van der Waals surface area contributed by atoms with Crippen molar-refractivity contribution >= 4 is 10.9 Å². The van der Waals surface area contributed by atoms with Crippen LogP contribution in [0.15, 0.2) is 30.3 Å². The standard InChI is InChI=1S/C17H22N2O2/c1-11-7-14(8-12(2)20-11)21-17-9-13(10-18)19-16-6-4-3-5-15(16)17/h3-6,9,11-12,14H,7-8,10,18H2,1-2H3. The van der Waals surface area contributed by atoms with Crippen LogP contribution in [0.3, 0.4) is 0 Å². The van der Waals surface area contributed by atoms with Gasteiger partial charge in [0.2, 0.25) is 0 Å². The molecule has 21 heavy (non-hydrogen) atoms. The molecule has 0 bridgehead atoms. The molecular formula is C17H22N2O2. The fourth-order valence-corrected chi connectivity index (χ4v) is 3.02. The first-order chi connectivity index (χ1) is 10.2. The molecule has 0 saturated carbocycles. The summed E-state index contributed by atoms with van der Waals surface area (Å²) in [7, 11) is 0. The van der Waals surface area contributed by atoms with E-state index < -0.39 is 0 Å². The fourth-order valence-electron chi connectivity index (χ4n) is 3.02. The first kappa shape index (κ1) is 14.3. The molecule has 112 valence electrons. The van der Waals surface area contributed by atoms with Crippen LogP contribution in [0.1, 0.15) is 32.4 Å². The van der Waals surface area contributed by atoms with Crippen molar-refractivity contribution in [2.24, 2.45) is 5.73 Å². The topological polar surface area (TPSA) is 57.4 Å². The van der Waals surface area contributed by atoms with E-state index in [-0.39, 0.29) is 18.3 Å². The molecule has 0 spiro atoms. The monoisotopic (exact) mass is 286 g/mol. The van der Waals surface area contributed by atoms with Gasteiger partial charge in [-0.15, -0.1) is 0 Å². The van der Waals surface area contributed by atoms with Crippen LogP contribution in [0.2, 0.25) is 0 Å². The van der Waals surface area contributed by atoms with Crippen molar-refractivity contribution in [1.82, 2.24) is 4.98 Å². The molecule has 2 atom stereocenters. The van der Waals surface area contributed by atoms with Crippen LogP contribution in [0.5, 0.6) is 5.75 Å². The van der Waals surface area contributed by atoms with Gasteiger partial charge in [0.15, 0.2) is 0 Å². The average molecular weight is 286 g/mol. The SMILES string of the molecule is CC1CC(Oc2cc(CN)nc3ccccc23)CC(C)O1. The zero-order valence-corrected chi connectivity index (χ0v) is 12.6. The summed E-state index contributed by atoms with van der Waals surface area (Å²) in [6, 6.07) is 10.0. The maximum absolute atomic E-state index is 6.28. The zero-order valence-electron chi connectivity index (χ0n) is 12.6. The molecule has 0 aliphatic carbocycles. The Bertz CT molecular complexity index is 619. The van der Waals surface area contributed by atoms with Gasteiger partial charge in [0, 0.05) is 30.8 Å². The summed E-state index contributed by atoms with van der Waals surface area (Å²) in [5, 5.41) is 1.04. The first-order valence-electron chi connectivity index (χ1n) is 7.56. The Balaban J connectivity index is 1.92. The second kappa shape index (κ2) is 6.00. The smallest absolute Gasteiger partial charge is 0.130 e. The van der Waals surface area contributed by atoms with Gasteiger partial charge in [-0.25, -0.2) is 0 Å². The van der Waals surface area contributed by atoms with Gasteiger partial charge in [-0.2, -0.15) is 0 Å². The third-order valence-corrected chi connectivity index (χ3v) is 3.89. The Morgan fingerprint density at radius 3 is 2.67 bits per heavy atom. The Morgan fingerprint density at radius 2 is 1.95 bits per heavy atom. The number of rotatable bonds is 3. The number of aromatic nitrogens is 1. The predicted octanol–water partition coefficient (Wildman–Crippen LogP) is 3.03. The molecule has 0 amide bonds. The van der Waals surface area contributed by atoms with E-state index in [0.717, 1.165) is 35.2 Å². The number of nitrogens with two attached hydrogens (primary N) is 1. The summed E-state index contributed by atoms with van der Waals surface area (Å²) in [4.78, 5) is 4.55. The largest absolute Gasteiger partial charge is 0.489 e. The van der Waals surface area contributed by atoms with Gasteiger partial charge in [0.25, 0.3) is 0 Å². The molecular weight excluding hydrogens is 264 g/mol. The van der Waals surface area contributed by atoms with Crippen molar-refractivity contribution in [3.8, 4) is 5.75 Å². The lowest BCUT2D eigenvalue weighted by atomic mass is 10.0. The number of pyridine rings is 1. The number of nitrogens with zero attached hydrogens (tertiary/aromatic N) is 1. The second-order valence-corrected chi connectivity index (χ2v) is 5.80. The van der Waals surface area contributed by atoms with Crippen LogP contribution >= 0.6 is 0 Å². The Kier molecular flexibility index (Phi) is 4.08. The maximum atomic E-state index is 6.28. The highest BCUT2D eigenvalue weighted by Gasteiger charge is 2.26. The highest BCUT2D eigenvalue weighted by Crippen LogP contribution is 2.30. The van der Waals surface area contributed by atoms with Crippen molar-refractivity contribution in [3.63, 3.8) is 0 Å². The van der Waals surface area contributed by atoms with Crippen LogP contribution in [0.25, 0.3) is 10.9 Å². The summed E-state index contributed by atoms with van der Waals surface area (Å²) in [6.07, 6.45) is 2.49. The van der Waals surface area contributed by atoms with Crippen LogP contribution in [0.4, 0.5) is 0 Å². The Morgan fingerprint density at radius 1 is 1.24 bits per heavy atom. The van der Waals surface area contributed by atoms with E-state index in [9.17, 15) is 0 Å². The van der Waals surface area contributed by atoms with Crippen molar-refractivity contribution in [2.45, 2.75) is 51.5 Å². The summed E-state index contributed by atoms with van der Waals surface area (Å²) in [5.41, 5.74) is 7.54. The Hall–Kier alpha value is -1.65. The number of hydrogen-bond acceptors (Lipinski definition) is 4. The molecule has 2 heterocycles. The molecule has 1 aromatic carbocycles. The third kappa shape index (κ3) is 3.17. The van der Waals surface area contributed by atoms with Gasteiger partial charge in [-0.1, -0.05) is 12.1 Å². The molecule has 0 radical (unpaired) electrons. The average Bonchev–Trinajstić information content (AvgIpc) is 2.46. The van der Waals surface area contributed by atoms with E-state index in [4.69, 9.17) is 15.2 Å². The van der Waals surface area contributed by atoms with Gasteiger partial charge < -0.3 is 15.2 Å². The maximum Gasteiger partial charge on any atom is 0.130 e. The van der Waals surface area contributed by atoms with Crippen LogP contribution < -0.4 is 10.5 Å². The molecule has 2 N–H and O–H groups in total. The Labute approximate surface area is 125 Å². The minimum atomic E-state index is 0.181. The summed E-state index contributed by atoms with van der Waals surface area (Å²) in [5.74, 6) is 0.882. The molecule has 1 saturated heterocycles. The minimum absolute atomic E-state index is 0.181. The van der Waals surface area contributed by atoms with E-state index in [2.05, 4.69) is 18.8 Å². The summed E-state index contributed by atoms with van der Waals surface area (Å²) in [6.45, 7) is 4.62. The molecule has 3 rings (SSSR count). The van der Waals surface area contributed by atoms with Gasteiger partial charge in [-0.3, -0.25) is 4.98 Å². The summed E-state index contributed by atoms with van der Waals surface area (Å²) >= 11 is 0. The number of ether oxygens (including phenoxy) is 2. The molecule has 4 nitrogen and oxygen atoms in total. The fraction of sp³-hybridized carbons (Fsp3) is 0.471. The van der Waals surface area contributed by atoms with E-state index in [0.29, 0.717) is 6.54 Å². The van der Waals surface area contributed by atoms with E-state index >= 15 is 0 Å². The number of hydrogen-bond donors (Lipinski definition) is 1. The molecule has 1 aliphatic rings. The zero-order chi connectivity index (χ0) is 14.8. The van der Waals surface area contributed by atoms with Crippen LogP contribution in [0, 0.1) is 0 Å². The minimum Gasteiger partial charge on any atom is -0.489 e. The quantitative estimate of drug-likeness (QED) is 0.942. The van der Waals surface area contributed by atoms with Crippen molar-refractivity contribution in [2.75, 3.05) is 0 Å². The normalized spacial score (nSPS) is 26.0. The molecule has 2 aromatic rings. The molecule has 4 heteroatoms. The predicted molar refractivity (Wildman–Crippen MR) is 83.3 cm³/mol. The van der Waals surface area contributed by atoms with E-state index in [1.165, 1.54) is 0 Å². The van der Waals surface area contributed by atoms with Crippen LogP contribution in [-0.4, -0.2) is 23.3 Å². The lowest BCUT2D eigenvalue weighted by Crippen LogP contribution is -2.35. The molecule has 1 fully saturated rings. The lowest BCUT2D eigenvalue weighted by molar-refractivity contribution is -0.0718. The van der Waals surface area contributed by atoms with E-state index in [1.807, 2.05) is 30.3 Å². The van der Waals surface area contributed by atoms with Gasteiger partial charge in [0.05, 0.1) is 23.4 Å². The van der Waals surface area contributed by atoms with Crippen molar-refractivity contribution in [3.05, 3.63) is 36.0 Å². The van der Waals surface area contributed by atoms with Crippen molar-refractivity contribution in [1.29, 1.82) is 0 Å². The second-order valence-electron chi connectivity index (χ2n) is 5.80. The van der Waals surface area contributed by atoms with Gasteiger partial charge in [-0.05, 0) is 26.0 Å². The van der Waals surface area contributed by atoms with Crippen molar-refractivity contribution < 1.29 is 9.47 Å². The summed E-state index contributed by atoms with van der Waals surface area (Å²) < 4.78 is 12.1. The van der Waals surface area contributed by atoms with Crippen LogP contribution in [-0.2, 0) is 11.3 Å². The highest BCUT2D eigenvalue weighted by atomic mass is 16.5. The third-order valence-electron chi connectivity index (χ3n) is 3.89. The molecule has 1 aliphatic heterocycles. The van der Waals surface area contributed by atoms with Gasteiger partial charge in [0.1, 0.15) is 11.9 Å². The first-order valence-corrected chi connectivity index (χ1v) is 7.56. The van der Waals surface area contributed by atoms with E-state index in [1.54, 1.807) is 0 Å². The van der Waals surface area contributed by atoms with Gasteiger partial charge >= 0.3 is 0 Å². The lowest BCUT2D eigenvalue weighted by Gasteiger charge is -2.32. The molecule has 2 unspecified atom stereocenters. The number of benzene rings is 1. The molecule has 1 aromatic heterocycles. The number of para-hydroxylation sites is 1. The number of fused-ring (bicyclic) bond motifs is 1.